The van der Waals surface area contributed by atoms with Crippen LogP contribution in [0.25, 0.3) is 0 Å². The van der Waals surface area contributed by atoms with Crippen LogP contribution in [0.2, 0.25) is 0 Å². The van der Waals surface area contributed by atoms with Crippen molar-refractivity contribution in [2.24, 2.45) is 5.92 Å². The van der Waals surface area contributed by atoms with Gasteiger partial charge in [0, 0.05) is 6.04 Å². The first-order chi connectivity index (χ1) is 11.5. The molecule has 3 rings (SSSR count). The number of hydrogen-bond acceptors (Lipinski definition) is 2. The summed E-state index contributed by atoms with van der Waals surface area (Å²) in [4.78, 5) is 0.345. The lowest BCUT2D eigenvalue weighted by Gasteiger charge is -2.26. The van der Waals surface area contributed by atoms with Gasteiger partial charge in [-0.3, -0.25) is 0 Å². The third kappa shape index (κ3) is 3.87. The van der Waals surface area contributed by atoms with Gasteiger partial charge in [0.2, 0.25) is 10.0 Å². The third-order valence-electron chi connectivity index (χ3n) is 4.54. The molecule has 0 saturated heterocycles. The van der Waals surface area contributed by atoms with Crippen molar-refractivity contribution < 1.29 is 8.42 Å². The van der Waals surface area contributed by atoms with Crippen LogP contribution in [0.15, 0.2) is 53.4 Å². The highest BCUT2D eigenvalue weighted by molar-refractivity contribution is 7.89. The largest absolute Gasteiger partial charge is 0.241 e. The molecule has 0 spiro atoms. The molecule has 1 aliphatic rings. The SMILES string of the molecule is CC(C)Cc1ccc(S(=O)(=O)NC2CCCc3ccccc32)cc1. The van der Waals surface area contributed by atoms with Gasteiger partial charge in [-0.05, 0) is 60.4 Å². The highest BCUT2D eigenvalue weighted by Crippen LogP contribution is 2.30. The van der Waals surface area contributed by atoms with E-state index in [0.717, 1.165) is 31.2 Å². The second-order valence-electron chi connectivity index (χ2n) is 7.01. The second kappa shape index (κ2) is 7.08. The van der Waals surface area contributed by atoms with Crippen molar-refractivity contribution in [1.82, 2.24) is 4.72 Å². The van der Waals surface area contributed by atoms with E-state index in [-0.39, 0.29) is 6.04 Å². The topological polar surface area (TPSA) is 46.2 Å². The van der Waals surface area contributed by atoms with E-state index in [0.29, 0.717) is 10.8 Å². The average molecular weight is 343 g/mol. The van der Waals surface area contributed by atoms with E-state index >= 15 is 0 Å². The van der Waals surface area contributed by atoms with Gasteiger partial charge in [-0.15, -0.1) is 0 Å². The maximum Gasteiger partial charge on any atom is 0.241 e. The molecule has 0 saturated carbocycles. The number of benzene rings is 2. The van der Waals surface area contributed by atoms with Gasteiger partial charge in [0.25, 0.3) is 0 Å². The van der Waals surface area contributed by atoms with Crippen molar-refractivity contribution in [2.75, 3.05) is 0 Å². The number of sulfonamides is 1. The Labute approximate surface area is 145 Å². The Morgan fingerprint density at radius 2 is 1.79 bits per heavy atom. The van der Waals surface area contributed by atoms with E-state index in [1.165, 1.54) is 11.1 Å². The summed E-state index contributed by atoms with van der Waals surface area (Å²) in [6.45, 7) is 4.32. The van der Waals surface area contributed by atoms with Crippen molar-refractivity contribution >= 4 is 10.0 Å². The molecule has 24 heavy (non-hydrogen) atoms. The molecule has 0 heterocycles. The lowest BCUT2D eigenvalue weighted by atomic mass is 9.88. The Hall–Kier alpha value is -1.65. The molecule has 1 unspecified atom stereocenters. The minimum Gasteiger partial charge on any atom is -0.207 e. The first-order valence-electron chi connectivity index (χ1n) is 8.65. The van der Waals surface area contributed by atoms with E-state index in [1.54, 1.807) is 12.1 Å². The Bertz CT molecular complexity index is 795. The summed E-state index contributed by atoms with van der Waals surface area (Å²) in [7, 11) is -3.50. The number of nitrogens with one attached hydrogen (secondary N) is 1. The number of fused-ring (bicyclic) bond motifs is 1. The first kappa shape index (κ1) is 17.2. The van der Waals surface area contributed by atoms with E-state index in [9.17, 15) is 8.42 Å². The summed E-state index contributed by atoms with van der Waals surface area (Å²) in [5.74, 6) is 0.560. The molecule has 3 nitrogen and oxygen atoms in total. The van der Waals surface area contributed by atoms with Crippen LogP contribution in [-0.4, -0.2) is 8.42 Å². The first-order valence-corrected chi connectivity index (χ1v) is 10.1. The molecule has 4 heteroatoms. The molecule has 2 aromatic rings. The molecule has 2 aromatic carbocycles. The molecular weight excluding hydrogens is 318 g/mol. The lowest BCUT2D eigenvalue weighted by Crippen LogP contribution is -2.31. The fourth-order valence-electron chi connectivity index (χ4n) is 3.41. The molecule has 0 amide bonds. The fourth-order valence-corrected chi connectivity index (χ4v) is 4.66. The van der Waals surface area contributed by atoms with Crippen LogP contribution in [0.5, 0.6) is 0 Å². The maximum atomic E-state index is 12.7. The third-order valence-corrected chi connectivity index (χ3v) is 6.03. The lowest BCUT2D eigenvalue weighted by molar-refractivity contribution is 0.507. The maximum absolute atomic E-state index is 12.7. The molecule has 1 N–H and O–H groups in total. The van der Waals surface area contributed by atoms with Gasteiger partial charge in [0.05, 0.1) is 4.90 Å². The van der Waals surface area contributed by atoms with Crippen molar-refractivity contribution in [3.05, 3.63) is 65.2 Å². The summed E-state index contributed by atoms with van der Waals surface area (Å²) in [5, 5.41) is 0. The van der Waals surface area contributed by atoms with Crippen LogP contribution in [0.1, 0.15) is 49.4 Å². The van der Waals surface area contributed by atoms with Gasteiger partial charge in [0.1, 0.15) is 0 Å². The van der Waals surface area contributed by atoms with E-state index in [1.807, 2.05) is 30.3 Å². The monoisotopic (exact) mass is 343 g/mol. The van der Waals surface area contributed by atoms with Gasteiger partial charge < -0.3 is 0 Å². The Morgan fingerprint density at radius 3 is 2.50 bits per heavy atom. The molecule has 0 fully saturated rings. The van der Waals surface area contributed by atoms with Crippen LogP contribution in [0.3, 0.4) is 0 Å². The van der Waals surface area contributed by atoms with Gasteiger partial charge in [-0.25, -0.2) is 13.1 Å². The van der Waals surface area contributed by atoms with Crippen LogP contribution in [-0.2, 0) is 22.9 Å². The minimum absolute atomic E-state index is 0.129. The quantitative estimate of drug-likeness (QED) is 0.882. The number of aryl methyl sites for hydroxylation is 1. The van der Waals surface area contributed by atoms with E-state index in [4.69, 9.17) is 0 Å². The summed E-state index contributed by atoms with van der Waals surface area (Å²) < 4.78 is 28.4. The van der Waals surface area contributed by atoms with Crippen molar-refractivity contribution in [3.8, 4) is 0 Å². The van der Waals surface area contributed by atoms with Crippen LogP contribution in [0.4, 0.5) is 0 Å². The highest BCUT2D eigenvalue weighted by atomic mass is 32.2. The van der Waals surface area contributed by atoms with Gasteiger partial charge in [0.15, 0.2) is 0 Å². The summed E-state index contributed by atoms with van der Waals surface area (Å²) in [6, 6.07) is 15.3. The highest BCUT2D eigenvalue weighted by Gasteiger charge is 2.25. The molecule has 1 aliphatic carbocycles. The summed E-state index contributed by atoms with van der Waals surface area (Å²) >= 11 is 0. The van der Waals surface area contributed by atoms with E-state index < -0.39 is 10.0 Å². The Morgan fingerprint density at radius 1 is 1.08 bits per heavy atom. The number of rotatable bonds is 5. The minimum atomic E-state index is -3.50. The Kier molecular flexibility index (Phi) is 5.07. The number of hydrogen-bond donors (Lipinski definition) is 1. The molecule has 0 bridgehead atoms. The molecule has 0 aromatic heterocycles. The van der Waals surface area contributed by atoms with Gasteiger partial charge >= 0.3 is 0 Å². The molecule has 0 radical (unpaired) electrons. The molecule has 0 aliphatic heterocycles. The summed E-state index contributed by atoms with van der Waals surface area (Å²) in [6.07, 6.45) is 3.85. The van der Waals surface area contributed by atoms with Crippen LogP contribution < -0.4 is 4.72 Å². The fraction of sp³-hybridized carbons (Fsp3) is 0.400. The predicted octanol–water partition coefficient (Wildman–Crippen LogP) is 4.24. The molecular formula is C20H25NO2S. The van der Waals surface area contributed by atoms with E-state index in [2.05, 4.69) is 24.6 Å². The smallest absolute Gasteiger partial charge is 0.207 e. The van der Waals surface area contributed by atoms with Crippen molar-refractivity contribution in [1.29, 1.82) is 0 Å². The van der Waals surface area contributed by atoms with Gasteiger partial charge in [-0.2, -0.15) is 0 Å². The van der Waals surface area contributed by atoms with Gasteiger partial charge in [-0.1, -0.05) is 50.2 Å². The molecule has 1 atom stereocenters. The standard InChI is InChI=1S/C20H25NO2S/c1-15(2)14-16-10-12-18(13-11-16)24(22,23)21-20-9-5-7-17-6-3-4-8-19(17)20/h3-4,6,8,10-13,15,20-21H,5,7,9,14H2,1-2H3. The van der Waals surface area contributed by atoms with Crippen molar-refractivity contribution in [3.63, 3.8) is 0 Å². The van der Waals surface area contributed by atoms with Crippen molar-refractivity contribution in [2.45, 2.75) is 50.5 Å². The molecule has 128 valence electrons. The summed E-state index contributed by atoms with van der Waals surface area (Å²) in [5.41, 5.74) is 3.54. The normalized spacial score (nSPS) is 17.7. The van der Waals surface area contributed by atoms with Crippen LogP contribution >= 0.6 is 0 Å². The zero-order chi connectivity index (χ0) is 17.2. The van der Waals surface area contributed by atoms with Crippen LogP contribution in [0, 0.1) is 5.92 Å². The predicted molar refractivity (Wildman–Crippen MR) is 97.4 cm³/mol. The zero-order valence-electron chi connectivity index (χ0n) is 14.3. The zero-order valence-corrected chi connectivity index (χ0v) is 15.1. The second-order valence-corrected chi connectivity index (χ2v) is 8.72. The average Bonchev–Trinajstić information content (AvgIpc) is 2.55. The Balaban J connectivity index is 1.80.